The summed E-state index contributed by atoms with van der Waals surface area (Å²) in [7, 11) is 2.92. The van der Waals surface area contributed by atoms with Gasteiger partial charge in [-0.25, -0.2) is 15.0 Å². The molecule has 404 valence electrons. The van der Waals surface area contributed by atoms with Crippen LogP contribution >= 0.6 is 11.6 Å². The largest absolute Gasteiger partial charge is 0.419 e. The number of morpholine rings is 2. The van der Waals surface area contributed by atoms with Gasteiger partial charge in [-0.2, -0.15) is 26.3 Å². The van der Waals surface area contributed by atoms with Crippen molar-refractivity contribution in [2.75, 3.05) is 104 Å². The van der Waals surface area contributed by atoms with Crippen molar-refractivity contribution in [1.82, 2.24) is 25.6 Å². The van der Waals surface area contributed by atoms with Gasteiger partial charge >= 0.3 is 12.4 Å². The van der Waals surface area contributed by atoms with Gasteiger partial charge in [0.25, 0.3) is 11.8 Å². The summed E-state index contributed by atoms with van der Waals surface area (Å²) in [5.41, 5.74) is 9.55. The molecule has 3 aliphatic heterocycles. The minimum absolute atomic E-state index is 0.00685. The molecule has 0 radical (unpaired) electrons. The van der Waals surface area contributed by atoms with Gasteiger partial charge in [-0.15, -0.1) is 0 Å². The van der Waals surface area contributed by atoms with E-state index in [0.29, 0.717) is 89.6 Å². The Kier molecular flexibility index (Phi) is 17.0. The second-order valence-corrected chi connectivity index (χ2v) is 18.1. The monoisotopic (exact) mass is 1090 g/mol. The molecule has 25 heteroatoms. The number of ketones is 1. The number of hydrogen-bond acceptors (Lipinski definition) is 15. The normalized spacial score (nSPS) is 14.9. The molecular weight excluding hydrogens is 1040 g/mol. The number of hydrogen-bond donors (Lipinski definition) is 7. The molecule has 0 spiro atoms. The predicted octanol–water partition coefficient (Wildman–Crippen LogP) is 8.30. The Morgan fingerprint density at radius 1 is 0.610 bits per heavy atom. The van der Waals surface area contributed by atoms with Gasteiger partial charge in [-0.3, -0.25) is 19.2 Å². The van der Waals surface area contributed by atoms with Crippen LogP contribution in [-0.2, 0) is 50.7 Å². The van der Waals surface area contributed by atoms with Gasteiger partial charge in [0.05, 0.1) is 89.7 Å². The molecule has 8 N–H and O–H groups in total. The molecule has 0 unspecified atom stereocenters. The standard InChI is InChI=1S/C27H26F3N5O3.C18H18ClF3N4O2.C7H7N3O/c1-31-26(37)21-13-19(35-6-8-38-9-7-35)4-5-23(21)34-24-14-25(32-15-22(24)27(28,29)30)33-18-3-2-16-11-20(36)12-17(16)10-18;1-23-17(27)12-8-11(26-4-6-28-7-5-26)2-3-14(12)25-15-9-16(19)24-10-13(15)18(20,21)22;8-6-1-4-2-7(11)10-5(4)3-9-6/h2-5,10,13-15H,6-9,11-12H2,1H3,(H,31,37)(H2,32,33,34);2-3,8-10H,4-7H2,1H3,(H,23,27)(H,24,25);1,3H,2H2,(H2,8,9)(H,10,11). The summed E-state index contributed by atoms with van der Waals surface area (Å²) in [6.45, 7) is 4.87. The van der Waals surface area contributed by atoms with E-state index in [2.05, 4.69) is 51.8 Å². The number of amides is 3. The fourth-order valence-corrected chi connectivity index (χ4v) is 8.84. The number of pyridine rings is 3. The zero-order chi connectivity index (χ0) is 55.0. The maximum atomic E-state index is 13.9. The van der Waals surface area contributed by atoms with Crippen molar-refractivity contribution in [2.24, 2.45) is 0 Å². The van der Waals surface area contributed by atoms with Crippen LogP contribution in [0.3, 0.4) is 0 Å². The lowest BCUT2D eigenvalue weighted by molar-refractivity contribution is -0.138. The summed E-state index contributed by atoms with van der Waals surface area (Å²) in [5, 5.41) is 16.2. The number of halogens is 7. The molecule has 3 aromatic heterocycles. The first-order chi connectivity index (χ1) is 36.8. The van der Waals surface area contributed by atoms with Crippen molar-refractivity contribution in [2.45, 2.75) is 31.6 Å². The van der Waals surface area contributed by atoms with E-state index in [0.717, 1.165) is 46.0 Å². The highest BCUT2D eigenvalue weighted by Gasteiger charge is 2.36. The Balaban J connectivity index is 0.000000175. The molecule has 2 fully saturated rings. The topological polar surface area (TPSA) is 230 Å². The fraction of sp³-hybridized carbons (Fsp3) is 0.288. The molecule has 0 bridgehead atoms. The van der Waals surface area contributed by atoms with E-state index in [-0.39, 0.29) is 56.5 Å². The molecule has 0 atom stereocenters. The smallest absolute Gasteiger partial charge is 0.384 e. The highest BCUT2D eigenvalue weighted by Crippen LogP contribution is 2.40. The SMILES string of the molecule is CNC(=O)c1cc(N2CCOCC2)ccc1Nc1cc(Cl)ncc1C(F)(F)F.CNC(=O)c1cc(N2CCOCC2)ccc1Nc1cc(Nc2ccc3c(c2)CC(=O)C3)ncc1C(F)(F)F.Nc1cc2c(cn1)NC(=O)C2. The number of nitrogens with zero attached hydrogens (tertiary/aromatic N) is 5. The van der Waals surface area contributed by atoms with Gasteiger partial charge in [0.1, 0.15) is 22.6 Å². The minimum Gasteiger partial charge on any atom is -0.384 e. The second kappa shape index (κ2) is 23.8. The number of aromatic nitrogens is 3. The Morgan fingerprint density at radius 3 is 1.69 bits per heavy atom. The number of rotatable bonds is 10. The fourth-order valence-electron chi connectivity index (χ4n) is 8.68. The van der Waals surface area contributed by atoms with Crippen LogP contribution in [0.1, 0.15) is 48.5 Å². The van der Waals surface area contributed by atoms with Gasteiger partial charge in [-0.05, 0) is 77.4 Å². The molecule has 6 heterocycles. The molecule has 2 saturated heterocycles. The number of Topliss-reactive ketones (excluding diaryl/α,β-unsaturated/α-hetero) is 1. The molecule has 0 saturated carbocycles. The molecule has 77 heavy (non-hydrogen) atoms. The van der Waals surface area contributed by atoms with Crippen LogP contribution in [0.5, 0.6) is 0 Å². The third-order valence-electron chi connectivity index (χ3n) is 12.5. The van der Waals surface area contributed by atoms with Gasteiger partial charge in [-0.1, -0.05) is 17.7 Å². The predicted molar refractivity (Wildman–Crippen MR) is 279 cm³/mol. The Labute approximate surface area is 442 Å². The quantitative estimate of drug-likeness (QED) is 0.0505. The molecular formula is C52H51ClF6N12O6. The highest BCUT2D eigenvalue weighted by molar-refractivity contribution is 6.29. The number of anilines is 10. The molecule has 3 aromatic carbocycles. The molecule has 1 aliphatic carbocycles. The van der Waals surface area contributed by atoms with Crippen LogP contribution in [-0.4, -0.2) is 105 Å². The first-order valence-electron chi connectivity index (χ1n) is 23.9. The number of fused-ring (bicyclic) bond motifs is 2. The maximum absolute atomic E-state index is 13.9. The van der Waals surface area contributed by atoms with E-state index in [1.54, 1.807) is 60.8 Å². The molecule has 10 rings (SSSR count). The van der Waals surface area contributed by atoms with E-state index in [1.165, 1.54) is 20.2 Å². The zero-order valence-electron chi connectivity index (χ0n) is 41.3. The number of nitrogens with one attached hydrogen (secondary N) is 6. The van der Waals surface area contributed by atoms with Gasteiger partial charge in [0.2, 0.25) is 5.91 Å². The summed E-state index contributed by atoms with van der Waals surface area (Å²) >= 11 is 5.77. The highest BCUT2D eigenvalue weighted by atomic mass is 35.5. The zero-order valence-corrected chi connectivity index (χ0v) is 42.1. The lowest BCUT2D eigenvalue weighted by Gasteiger charge is -2.29. The van der Waals surface area contributed by atoms with Crippen LogP contribution in [0.4, 0.5) is 83.5 Å². The van der Waals surface area contributed by atoms with E-state index >= 15 is 0 Å². The van der Waals surface area contributed by atoms with Crippen LogP contribution in [0, 0.1) is 0 Å². The van der Waals surface area contributed by atoms with Crippen molar-refractivity contribution in [3.05, 3.63) is 135 Å². The number of benzene rings is 3. The number of ether oxygens (including phenoxy) is 2. The molecule has 3 amide bonds. The maximum Gasteiger partial charge on any atom is 0.419 e. The van der Waals surface area contributed by atoms with Crippen molar-refractivity contribution >= 4 is 92.2 Å². The Morgan fingerprint density at radius 2 is 1.14 bits per heavy atom. The van der Waals surface area contributed by atoms with Crippen LogP contribution in [0.25, 0.3) is 0 Å². The summed E-state index contributed by atoms with van der Waals surface area (Å²) in [6, 6.07) is 19.4. The van der Waals surface area contributed by atoms with E-state index in [4.69, 9.17) is 26.8 Å². The molecule has 18 nitrogen and oxygen atoms in total. The van der Waals surface area contributed by atoms with Gasteiger partial charge in [0, 0.05) is 88.6 Å². The third kappa shape index (κ3) is 13.8. The second-order valence-electron chi connectivity index (χ2n) is 17.7. The van der Waals surface area contributed by atoms with Crippen molar-refractivity contribution in [3.63, 3.8) is 0 Å². The average Bonchev–Trinajstić information content (AvgIpc) is 4.00. The number of alkyl halides is 6. The lowest BCUT2D eigenvalue weighted by Crippen LogP contribution is -2.36. The summed E-state index contributed by atoms with van der Waals surface area (Å²) < 4.78 is 92.3. The van der Waals surface area contributed by atoms with E-state index < -0.39 is 35.3 Å². The number of carbonyl (C=O) groups is 4. The van der Waals surface area contributed by atoms with Crippen LogP contribution < -0.4 is 47.4 Å². The molecule has 4 aliphatic rings. The van der Waals surface area contributed by atoms with Crippen molar-refractivity contribution in [3.8, 4) is 0 Å². The minimum atomic E-state index is -4.68. The lowest BCUT2D eigenvalue weighted by atomic mass is 10.1. The van der Waals surface area contributed by atoms with Crippen molar-refractivity contribution in [1.29, 1.82) is 0 Å². The van der Waals surface area contributed by atoms with E-state index in [1.807, 2.05) is 11.0 Å². The molecule has 6 aromatic rings. The van der Waals surface area contributed by atoms with Crippen LogP contribution in [0.15, 0.2) is 91.4 Å². The Hall–Kier alpha value is -8.22. The summed E-state index contributed by atoms with van der Waals surface area (Å²) in [4.78, 5) is 63.0. The first-order valence-corrected chi connectivity index (χ1v) is 24.3. The first kappa shape index (κ1) is 55.0. The average molecular weight is 1090 g/mol. The summed E-state index contributed by atoms with van der Waals surface area (Å²) in [6.07, 6.45) is -5.17. The van der Waals surface area contributed by atoms with Gasteiger partial charge in [0.15, 0.2) is 0 Å². The number of carbonyl (C=O) groups excluding carboxylic acids is 4. The Bertz CT molecular complexity index is 3190. The van der Waals surface area contributed by atoms with E-state index in [9.17, 15) is 45.5 Å². The van der Waals surface area contributed by atoms with Crippen LogP contribution in [0.2, 0.25) is 5.15 Å². The number of nitrogen functional groups attached to an aromatic ring is 1. The van der Waals surface area contributed by atoms with Crippen molar-refractivity contribution < 1.29 is 55.0 Å². The number of nitrogens with two attached hydrogens (primary N) is 1. The third-order valence-corrected chi connectivity index (χ3v) is 12.7. The summed E-state index contributed by atoms with van der Waals surface area (Å²) in [5.74, 6) is -0.0886. The van der Waals surface area contributed by atoms with Gasteiger partial charge < -0.3 is 56.9 Å².